The zero-order chi connectivity index (χ0) is 15.1. The minimum Gasteiger partial charge on any atom is -0.383 e. The van der Waals surface area contributed by atoms with E-state index >= 15 is 0 Å². The maximum absolute atomic E-state index is 11.5. The van der Waals surface area contributed by atoms with Gasteiger partial charge in [-0.3, -0.25) is 14.9 Å². The molecule has 0 aliphatic carbocycles. The van der Waals surface area contributed by atoms with Crippen molar-refractivity contribution in [3.05, 3.63) is 32.8 Å². The predicted octanol–water partition coefficient (Wildman–Crippen LogP) is 1.73. The molecule has 0 saturated carbocycles. The number of amides is 1. The summed E-state index contributed by atoms with van der Waals surface area (Å²) in [7, 11) is 1.55. The van der Waals surface area contributed by atoms with Gasteiger partial charge in [0.25, 0.3) is 5.69 Å². The van der Waals surface area contributed by atoms with Gasteiger partial charge in [0.1, 0.15) is 5.02 Å². The van der Waals surface area contributed by atoms with Gasteiger partial charge in [-0.25, -0.2) is 0 Å². The summed E-state index contributed by atoms with van der Waals surface area (Å²) in [6, 6.07) is 2.81. The van der Waals surface area contributed by atoms with Crippen molar-refractivity contribution >= 4 is 28.9 Å². The lowest BCUT2D eigenvalue weighted by Crippen LogP contribution is -2.32. The highest BCUT2D eigenvalue weighted by molar-refractivity contribution is 6.33. The Hall–Kier alpha value is -1.86. The number of rotatable bonds is 7. The van der Waals surface area contributed by atoms with Gasteiger partial charge in [-0.05, 0) is 18.6 Å². The highest BCUT2D eigenvalue weighted by atomic mass is 35.5. The van der Waals surface area contributed by atoms with E-state index in [4.69, 9.17) is 16.3 Å². The van der Waals surface area contributed by atoms with Crippen LogP contribution in [-0.4, -0.2) is 37.6 Å². The number of nitro groups is 1. The maximum atomic E-state index is 11.5. The molecule has 0 heterocycles. The van der Waals surface area contributed by atoms with E-state index in [9.17, 15) is 14.9 Å². The SMILES string of the molecule is COCCNC(=O)CNc1cc(Cl)c([N+](=O)[O-])cc1C. The first kappa shape index (κ1) is 16.2. The number of benzene rings is 1. The van der Waals surface area contributed by atoms with Crippen molar-refractivity contribution in [2.45, 2.75) is 6.92 Å². The molecule has 0 spiro atoms. The van der Waals surface area contributed by atoms with Crippen molar-refractivity contribution in [1.29, 1.82) is 0 Å². The van der Waals surface area contributed by atoms with E-state index in [0.29, 0.717) is 24.4 Å². The molecule has 1 aromatic rings. The standard InChI is InChI=1S/C12H16ClN3O4/c1-8-5-11(16(18)19)9(13)6-10(8)15-7-12(17)14-3-4-20-2/h5-6,15H,3-4,7H2,1-2H3,(H,14,17). The second-order valence-electron chi connectivity index (χ2n) is 4.07. The van der Waals surface area contributed by atoms with Crippen LogP contribution in [-0.2, 0) is 9.53 Å². The Bertz CT molecular complexity index is 508. The molecule has 0 aliphatic rings. The molecule has 110 valence electrons. The zero-order valence-electron chi connectivity index (χ0n) is 11.2. The molecule has 0 unspecified atom stereocenters. The first-order valence-electron chi connectivity index (χ1n) is 5.89. The summed E-state index contributed by atoms with van der Waals surface area (Å²) in [5.41, 5.74) is 1.08. The lowest BCUT2D eigenvalue weighted by Gasteiger charge is -2.10. The van der Waals surface area contributed by atoms with Crippen molar-refractivity contribution in [2.75, 3.05) is 32.1 Å². The van der Waals surface area contributed by atoms with Crippen molar-refractivity contribution in [2.24, 2.45) is 0 Å². The number of aryl methyl sites for hydroxylation is 1. The Morgan fingerprint density at radius 3 is 2.80 bits per heavy atom. The molecule has 7 nitrogen and oxygen atoms in total. The summed E-state index contributed by atoms with van der Waals surface area (Å²) in [5.74, 6) is -0.198. The molecule has 0 saturated heterocycles. The summed E-state index contributed by atoms with van der Waals surface area (Å²) in [5, 5.41) is 16.3. The van der Waals surface area contributed by atoms with Crippen molar-refractivity contribution in [1.82, 2.24) is 5.32 Å². The third-order valence-electron chi connectivity index (χ3n) is 2.56. The normalized spacial score (nSPS) is 10.2. The van der Waals surface area contributed by atoms with E-state index in [1.807, 2.05) is 0 Å². The fourth-order valence-corrected chi connectivity index (χ4v) is 1.76. The molecule has 2 N–H and O–H groups in total. The number of carbonyl (C=O) groups is 1. The number of hydrogen-bond acceptors (Lipinski definition) is 5. The Morgan fingerprint density at radius 1 is 1.50 bits per heavy atom. The van der Waals surface area contributed by atoms with Gasteiger partial charge in [0, 0.05) is 25.4 Å². The number of anilines is 1. The van der Waals surface area contributed by atoms with E-state index in [1.165, 1.54) is 12.1 Å². The molecule has 0 fully saturated rings. The quantitative estimate of drug-likeness (QED) is 0.454. The Balaban J connectivity index is 2.63. The second-order valence-corrected chi connectivity index (χ2v) is 4.48. The third-order valence-corrected chi connectivity index (χ3v) is 2.86. The lowest BCUT2D eigenvalue weighted by atomic mass is 10.2. The Morgan fingerprint density at radius 2 is 2.20 bits per heavy atom. The second kappa shape index (κ2) is 7.66. The van der Waals surface area contributed by atoms with E-state index in [0.717, 1.165) is 0 Å². The third kappa shape index (κ3) is 4.67. The number of nitrogens with zero attached hydrogens (tertiary/aromatic N) is 1. The van der Waals surface area contributed by atoms with E-state index in [1.54, 1.807) is 14.0 Å². The van der Waals surface area contributed by atoms with Gasteiger partial charge >= 0.3 is 0 Å². The molecular formula is C12H16ClN3O4. The van der Waals surface area contributed by atoms with Gasteiger partial charge in [-0.15, -0.1) is 0 Å². The molecule has 1 aromatic carbocycles. The average Bonchev–Trinajstić information content (AvgIpc) is 2.39. The molecule has 0 atom stereocenters. The first-order valence-corrected chi connectivity index (χ1v) is 6.27. The lowest BCUT2D eigenvalue weighted by molar-refractivity contribution is -0.384. The van der Waals surface area contributed by atoms with Crippen LogP contribution in [0.5, 0.6) is 0 Å². The number of nitrogens with one attached hydrogen (secondary N) is 2. The summed E-state index contributed by atoms with van der Waals surface area (Å²) in [4.78, 5) is 21.7. The van der Waals surface area contributed by atoms with Crippen LogP contribution in [0.4, 0.5) is 11.4 Å². The summed E-state index contributed by atoms with van der Waals surface area (Å²) in [6.07, 6.45) is 0. The topological polar surface area (TPSA) is 93.5 Å². The molecule has 0 bridgehead atoms. The summed E-state index contributed by atoms with van der Waals surface area (Å²) in [6.45, 7) is 2.62. The van der Waals surface area contributed by atoms with Crippen molar-refractivity contribution in [3.8, 4) is 0 Å². The molecule has 20 heavy (non-hydrogen) atoms. The summed E-state index contributed by atoms with van der Waals surface area (Å²) >= 11 is 5.82. The predicted molar refractivity (Wildman–Crippen MR) is 76.2 cm³/mol. The number of halogens is 1. The van der Waals surface area contributed by atoms with Gasteiger partial charge in [0.15, 0.2) is 0 Å². The molecule has 1 rings (SSSR count). The molecule has 0 aliphatic heterocycles. The summed E-state index contributed by atoms with van der Waals surface area (Å²) < 4.78 is 4.81. The van der Waals surface area contributed by atoms with E-state index in [2.05, 4.69) is 10.6 Å². The number of methoxy groups -OCH3 is 1. The van der Waals surface area contributed by atoms with E-state index in [-0.39, 0.29) is 23.2 Å². The molecule has 1 amide bonds. The van der Waals surface area contributed by atoms with Gasteiger partial charge in [0.2, 0.25) is 5.91 Å². The highest BCUT2D eigenvalue weighted by Gasteiger charge is 2.15. The van der Waals surface area contributed by atoms with Crippen molar-refractivity contribution < 1.29 is 14.5 Å². The molecule has 0 aromatic heterocycles. The minimum absolute atomic E-state index is 0.0305. The van der Waals surface area contributed by atoms with Gasteiger partial charge in [-0.2, -0.15) is 0 Å². The minimum atomic E-state index is -0.545. The monoisotopic (exact) mass is 301 g/mol. The fourth-order valence-electron chi connectivity index (χ4n) is 1.53. The van der Waals surface area contributed by atoms with E-state index < -0.39 is 4.92 Å². The first-order chi connectivity index (χ1) is 9.45. The van der Waals surface area contributed by atoms with Crippen LogP contribution in [0, 0.1) is 17.0 Å². The number of hydrogen-bond donors (Lipinski definition) is 2. The smallest absolute Gasteiger partial charge is 0.288 e. The molecule has 8 heteroatoms. The Kier molecular flexibility index (Phi) is 6.20. The van der Waals surface area contributed by atoms with Gasteiger partial charge in [-0.1, -0.05) is 11.6 Å². The maximum Gasteiger partial charge on any atom is 0.288 e. The van der Waals surface area contributed by atoms with Crippen LogP contribution >= 0.6 is 11.6 Å². The van der Waals surface area contributed by atoms with Crippen LogP contribution in [0.1, 0.15) is 5.56 Å². The van der Waals surface area contributed by atoms with Crippen LogP contribution in [0.25, 0.3) is 0 Å². The highest BCUT2D eigenvalue weighted by Crippen LogP contribution is 2.30. The van der Waals surface area contributed by atoms with Crippen LogP contribution in [0.15, 0.2) is 12.1 Å². The van der Waals surface area contributed by atoms with Crippen LogP contribution in [0.2, 0.25) is 5.02 Å². The van der Waals surface area contributed by atoms with Crippen LogP contribution in [0.3, 0.4) is 0 Å². The number of carbonyl (C=O) groups excluding carboxylic acids is 1. The van der Waals surface area contributed by atoms with Gasteiger partial charge < -0.3 is 15.4 Å². The van der Waals surface area contributed by atoms with Gasteiger partial charge in [0.05, 0.1) is 18.1 Å². The van der Waals surface area contributed by atoms with Crippen molar-refractivity contribution in [3.63, 3.8) is 0 Å². The largest absolute Gasteiger partial charge is 0.383 e. The number of ether oxygens (including phenoxy) is 1. The number of nitro benzene ring substituents is 1. The molecular weight excluding hydrogens is 286 g/mol. The Labute approximate surface area is 121 Å². The fraction of sp³-hybridized carbons (Fsp3) is 0.417. The average molecular weight is 302 g/mol. The zero-order valence-corrected chi connectivity index (χ0v) is 12.0. The molecule has 0 radical (unpaired) electrons. The van der Waals surface area contributed by atoms with Crippen LogP contribution < -0.4 is 10.6 Å².